The van der Waals surface area contributed by atoms with Crippen molar-refractivity contribution >= 4 is 16.8 Å². The van der Waals surface area contributed by atoms with Gasteiger partial charge in [0.2, 0.25) is 0 Å². The van der Waals surface area contributed by atoms with Crippen molar-refractivity contribution in [2.75, 3.05) is 12.9 Å². The molecule has 0 amide bonds. The Morgan fingerprint density at radius 3 is 2.41 bits per heavy atom. The molecule has 5 heteroatoms. The summed E-state index contributed by atoms with van der Waals surface area (Å²) in [4.78, 5) is 11.8. The summed E-state index contributed by atoms with van der Waals surface area (Å²) in [7, 11) is -0.248. The van der Waals surface area contributed by atoms with Crippen LogP contribution in [0.1, 0.15) is 12.5 Å². The predicted molar refractivity (Wildman–Crippen MR) is 65.1 cm³/mol. The summed E-state index contributed by atoms with van der Waals surface area (Å²) in [6.45, 7) is 3.22. The van der Waals surface area contributed by atoms with Crippen molar-refractivity contribution in [3.63, 3.8) is 0 Å². The van der Waals surface area contributed by atoms with Gasteiger partial charge in [-0.2, -0.15) is 0 Å². The number of hydrogen-bond acceptors (Lipinski definition) is 4. The molecule has 0 fully saturated rings. The van der Waals surface area contributed by atoms with Crippen molar-refractivity contribution in [2.45, 2.75) is 24.3 Å². The van der Waals surface area contributed by atoms with E-state index in [0.717, 1.165) is 5.56 Å². The summed E-state index contributed by atoms with van der Waals surface area (Å²) in [6.07, 6.45) is 0. The maximum absolute atomic E-state index is 11.9. The second-order valence-corrected chi connectivity index (χ2v) is 5.52. The van der Waals surface area contributed by atoms with Crippen LogP contribution in [0, 0.1) is 6.92 Å². The molecule has 1 aromatic carbocycles. The van der Waals surface area contributed by atoms with Crippen molar-refractivity contribution in [2.24, 2.45) is 0 Å². The molecule has 0 heterocycles. The van der Waals surface area contributed by atoms with Crippen molar-refractivity contribution in [1.29, 1.82) is 0 Å². The third-order valence-corrected chi connectivity index (χ3v) is 3.94. The highest BCUT2D eigenvalue weighted by Gasteiger charge is 2.33. The number of aryl methyl sites for hydroxylation is 1. The van der Waals surface area contributed by atoms with Gasteiger partial charge >= 0.3 is 5.97 Å². The fourth-order valence-electron chi connectivity index (χ4n) is 1.31. The number of aliphatic hydroxyl groups is 1. The van der Waals surface area contributed by atoms with E-state index in [1.807, 2.05) is 19.1 Å². The zero-order valence-electron chi connectivity index (χ0n) is 10.1. The molecule has 0 aromatic heterocycles. The number of rotatable bonds is 4. The van der Waals surface area contributed by atoms with E-state index in [0.29, 0.717) is 4.90 Å². The van der Waals surface area contributed by atoms with Gasteiger partial charge < -0.3 is 9.84 Å². The Balaban J connectivity index is 2.79. The average Bonchev–Trinajstić information content (AvgIpc) is 2.28. The summed E-state index contributed by atoms with van der Waals surface area (Å²) < 4.78 is 16.4. The van der Waals surface area contributed by atoms with E-state index in [1.54, 1.807) is 12.1 Å². The highest BCUT2D eigenvalue weighted by atomic mass is 32.2. The first-order chi connectivity index (χ1) is 7.86. The monoisotopic (exact) mass is 256 g/mol. The lowest BCUT2D eigenvalue weighted by Crippen LogP contribution is -2.41. The standard InChI is InChI=1S/C12H16O4S/c1-9-4-6-10(7-5-9)17(15)8-12(2,14)11(13)16-3/h4-7,14H,8H2,1-3H3/t12-,17+/m1/s1. The molecule has 1 N–H and O–H groups in total. The lowest BCUT2D eigenvalue weighted by atomic mass is 10.1. The Morgan fingerprint density at radius 1 is 1.41 bits per heavy atom. The molecule has 2 atom stereocenters. The minimum Gasteiger partial charge on any atom is -0.467 e. The molecule has 0 spiro atoms. The van der Waals surface area contributed by atoms with Crippen LogP contribution in [-0.2, 0) is 20.3 Å². The zero-order chi connectivity index (χ0) is 13.1. The van der Waals surface area contributed by atoms with Gasteiger partial charge in [0, 0.05) is 4.90 Å². The van der Waals surface area contributed by atoms with Crippen LogP contribution in [-0.4, -0.2) is 33.7 Å². The Hall–Kier alpha value is -1.20. The van der Waals surface area contributed by atoms with Gasteiger partial charge in [-0.3, -0.25) is 4.21 Å². The van der Waals surface area contributed by atoms with Crippen LogP contribution in [0.3, 0.4) is 0 Å². The van der Waals surface area contributed by atoms with Crippen LogP contribution < -0.4 is 0 Å². The van der Waals surface area contributed by atoms with Gasteiger partial charge in [0.05, 0.1) is 23.7 Å². The van der Waals surface area contributed by atoms with E-state index in [9.17, 15) is 14.1 Å². The van der Waals surface area contributed by atoms with E-state index in [4.69, 9.17) is 0 Å². The van der Waals surface area contributed by atoms with Crippen molar-refractivity contribution in [1.82, 2.24) is 0 Å². The second-order valence-electron chi connectivity index (χ2n) is 4.07. The number of hydrogen-bond donors (Lipinski definition) is 1. The van der Waals surface area contributed by atoms with Gasteiger partial charge in [0.15, 0.2) is 5.60 Å². The topological polar surface area (TPSA) is 63.6 Å². The maximum Gasteiger partial charge on any atom is 0.338 e. The van der Waals surface area contributed by atoms with Crippen LogP contribution in [0.4, 0.5) is 0 Å². The predicted octanol–water partition coefficient (Wildman–Crippen LogP) is 1.03. The molecule has 0 saturated carbocycles. The third kappa shape index (κ3) is 3.64. The van der Waals surface area contributed by atoms with E-state index in [2.05, 4.69) is 4.74 Å². The van der Waals surface area contributed by atoms with Gasteiger partial charge in [-0.15, -0.1) is 0 Å². The lowest BCUT2D eigenvalue weighted by Gasteiger charge is -2.19. The highest BCUT2D eigenvalue weighted by molar-refractivity contribution is 7.85. The molecule has 17 heavy (non-hydrogen) atoms. The van der Waals surface area contributed by atoms with Crippen molar-refractivity contribution in [3.05, 3.63) is 29.8 Å². The number of carbonyl (C=O) groups excluding carboxylic acids is 1. The number of carbonyl (C=O) groups is 1. The van der Waals surface area contributed by atoms with Gasteiger partial charge in [0.25, 0.3) is 0 Å². The first kappa shape index (κ1) is 13.9. The molecule has 0 bridgehead atoms. The van der Waals surface area contributed by atoms with Crippen molar-refractivity contribution in [3.8, 4) is 0 Å². The molecule has 0 aliphatic carbocycles. The van der Waals surface area contributed by atoms with E-state index in [-0.39, 0.29) is 5.75 Å². The van der Waals surface area contributed by atoms with E-state index < -0.39 is 22.4 Å². The molecule has 1 aromatic rings. The average molecular weight is 256 g/mol. The molecule has 1 rings (SSSR count). The normalized spacial score (nSPS) is 16.0. The number of methoxy groups -OCH3 is 1. The van der Waals surface area contributed by atoms with Crippen LogP contribution >= 0.6 is 0 Å². The minimum atomic E-state index is -1.73. The Kier molecular flexibility index (Phi) is 4.42. The summed E-state index contributed by atoms with van der Waals surface area (Å²) in [6, 6.07) is 7.11. The molecule has 0 unspecified atom stereocenters. The number of esters is 1. The zero-order valence-corrected chi connectivity index (χ0v) is 10.9. The van der Waals surface area contributed by atoms with E-state index in [1.165, 1.54) is 14.0 Å². The largest absolute Gasteiger partial charge is 0.467 e. The summed E-state index contributed by atoms with van der Waals surface area (Å²) in [5.74, 6) is -0.958. The third-order valence-electron chi connectivity index (χ3n) is 2.32. The molecule has 4 nitrogen and oxygen atoms in total. The minimum absolute atomic E-state index is 0.178. The van der Waals surface area contributed by atoms with Crippen molar-refractivity contribution < 1.29 is 18.8 Å². The van der Waals surface area contributed by atoms with Gasteiger partial charge in [-0.1, -0.05) is 17.7 Å². The molecule has 0 saturated heterocycles. The Bertz CT molecular complexity index is 423. The molecular formula is C12H16O4S. The summed E-state index contributed by atoms with van der Waals surface area (Å²) in [5.41, 5.74) is -0.671. The number of benzene rings is 1. The van der Waals surface area contributed by atoms with E-state index >= 15 is 0 Å². The lowest BCUT2D eigenvalue weighted by molar-refractivity contribution is -0.158. The molecule has 0 aliphatic rings. The highest BCUT2D eigenvalue weighted by Crippen LogP contribution is 2.15. The fraction of sp³-hybridized carbons (Fsp3) is 0.417. The SMILES string of the molecule is COC(=O)[C@](C)(O)C[S@](=O)c1ccc(C)cc1. The fourth-order valence-corrected chi connectivity index (χ4v) is 2.54. The van der Waals surface area contributed by atoms with Crippen LogP contribution in [0.5, 0.6) is 0 Å². The first-order valence-electron chi connectivity index (χ1n) is 5.12. The molecule has 94 valence electrons. The summed E-state index contributed by atoms with van der Waals surface area (Å²) >= 11 is 0. The van der Waals surface area contributed by atoms with Gasteiger partial charge in [0.1, 0.15) is 0 Å². The van der Waals surface area contributed by atoms with Crippen LogP contribution in [0.2, 0.25) is 0 Å². The number of ether oxygens (including phenoxy) is 1. The molecular weight excluding hydrogens is 240 g/mol. The Morgan fingerprint density at radius 2 is 1.94 bits per heavy atom. The van der Waals surface area contributed by atoms with Gasteiger partial charge in [-0.05, 0) is 26.0 Å². The first-order valence-corrected chi connectivity index (χ1v) is 6.44. The molecule has 0 radical (unpaired) electrons. The Labute approximate surface area is 103 Å². The van der Waals surface area contributed by atoms with Crippen LogP contribution in [0.25, 0.3) is 0 Å². The maximum atomic E-state index is 11.9. The quantitative estimate of drug-likeness (QED) is 0.817. The summed E-state index contributed by atoms with van der Waals surface area (Å²) in [5, 5.41) is 9.80. The molecule has 0 aliphatic heterocycles. The van der Waals surface area contributed by atoms with Crippen LogP contribution in [0.15, 0.2) is 29.2 Å². The second kappa shape index (κ2) is 5.42. The smallest absolute Gasteiger partial charge is 0.338 e. The van der Waals surface area contributed by atoms with Gasteiger partial charge in [-0.25, -0.2) is 4.79 Å².